The van der Waals surface area contributed by atoms with Gasteiger partial charge < -0.3 is 15.4 Å². The van der Waals surface area contributed by atoms with E-state index in [9.17, 15) is 0 Å². The van der Waals surface area contributed by atoms with Crippen molar-refractivity contribution in [3.05, 3.63) is 29.8 Å². The van der Waals surface area contributed by atoms with Crippen LogP contribution in [0.1, 0.15) is 31.2 Å². The largest absolute Gasteiger partial charge is 0.375 e. The molecule has 0 aliphatic carbocycles. The maximum Gasteiger partial charge on any atom is 0.0717 e. The molecule has 1 aromatic carbocycles. The van der Waals surface area contributed by atoms with Crippen LogP contribution in [0.3, 0.4) is 0 Å². The molecule has 2 heterocycles. The van der Waals surface area contributed by atoms with Crippen LogP contribution in [0, 0.1) is 0 Å². The number of nitrogens with two attached hydrogens (primary N) is 1. The van der Waals surface area contributed by atoms with Crippen LogP contribution < -0.4 is 10.6 Å². The summed E-state index contributed by atoms with van der Waals surface area (Å²) >= 11 is 2.07. The Hall–Kier alpha value is -0.710. The zero-order chi connectivity index (χ0) is 14.7. The van der Waals surface area contributed by atoms with Gasteiger partial charge >= 0.3 is 0 Å². The third-order valence-corrected chi connectivity index (χ3v) is 5.98. The Balaban J connectivity index is 1.69. The van der Waals surface area contributed by atoms with E-state index in [1.165, 1.54) is 42.0 Å². The molecule has 2 saturated heterocycles. The van der Waals surface area contributed by atoms with Gasteiger partial charge in [-0.15, -0.1) is 0 Å². The summed E-state index contributed by atoms with van der Waals surface area (Å²) in [5.74, 6) is 2.50. The summed E-state index contributed by atoms with van der Waals surface area (Å²) in [5, 5.41) is 0. The van der Waals surface area contributed by atoms with Crippen LogP contribution in [-0.4, -0.2) is 36.8 Å². The number of ether oxygens (including phenoxy) is 1. The fraction of sp³-hybridized carbons (Fsp3) is 0.647. The molecule has 2 N–H and O–H groups in total. The lowest BCUT2D eigenvalue weighted by molar-refractivity contribution is -0.0892. The summed E-state index contributed by atoms with van der Waals surface area (Å²) in [6.07, 6.45) is 4.73. The number of thioether (sulfide) groups is 1. The van der Waals surface area contributed by atoms with Crippen LogP contribution in [0.4, 0.5) is 5.69 Å². The Morgan fingerprint density at radius 3 is 2.67 bits per heavy atom. The number of hydrogen-bond donors (Lipinski definition) is 1. The molecular formula is C17H26N2OS. The van der Waals surface area contributed by atoms with E-state index in [1.54, 1.807) is 0 Å². The van der Waals surface area contributed by atoms with Gasteiger partial charge in [0.1, 0.15) is 0 Å². The highest BCUT2D eigenvalue weighted by atomic mass is 32.2. The van der Waals surface area contributed by atoms with Gasteiger partial charge in [0.2, 0.25) is 0 Å². The molecule has 2 aliphatic rings. The summed E-state index contributed by atoms with van der Waals surface area (Å²) in [5.41, 5.74) is 8.32. The predicted molar refractivity (Wildman–Crippen MR) is 91.0 cm³/mol. The Morgan fingerprint density at radius 2 is 2.00 bits per heavy atom. The fourth-order valence-electron chi connectivity index (χ4n) is 3.50. The molecule has 2 fully saturated rings. The van der Waals surface area contributed by atoms with E-state index in [0.717, 1.165) is 13.0 Å². The predicted octanol–water partition coefficient (Wildman–Crippen LogP) is 3.03. The third-order valence-electron chi connectivity index (χ3n) is 5.00. The minimum absolute atomic E-state index is 0.152. The van der Waals surface area contributed by atoms with Crippen LogP contribution in [0.15, 0.2) is 24.3 Å². The van der Waals surface area contributed by atoms with E-state index >= 15 is 0 Å². The normalized spacial score (nSPS) is 25.0. The minimum atomic E-state index is 0.152. The SMILES string of the molecule is CN(c1ccc(CN)cc1)C1CCOC2(CCSCC2)C1. The molecule has 1 unspecified atom stereocenters. The number of hydrogen-bond acceptors (Lipinski definition) is 4. The molecule has 0 aromatic heterocycles. The number of benzene rings is 1. The quantitative estimate of drug-likeness (QED) is 0.931. The van der Waals surface area contributed by atoms with E-state index in [0.29, 0.717) is 12.6 Å². The van der Waals surface area contributed by atoms with E-state index in [2.05, 4.69) is 48.0 Å². The molecule has 1 spiro atoms. The van der Waals surface area contributed by atoms with Gasteiger partial charge in [-0.05, 0) is 54.9 Å². The van der Waals surface area contributed by atoms with Crippen molar-refractivity contribution in [3.8, 4) is 0 Å². The highest BCUT2D eigenvalue weighted by Crippen LogP contribution is 2.39. The van der Waals surface area contributed by atoms with Crippen molar-refractivity contribution in [2.75, 3.05) is 30.1 Å². The Kier molecular flexibility index (Phi) is 4.77. The molecule has 1 atom stereocenters. The van der Waals surface area contributed by atoms with Crippen LogP contribution in [-0.2, 0) is 11.3 Å². The average Bonchev–Trinajstić information content (AvgIpc) is 2.55. The van der Waals surface area contributed by atoms with Crippen molar-refractivity contribution in [1.29, 1.82) is 0 Å². The smallest absolute Gasteiger partial charge is 0.0717 e. The molecule has 2 aliphatic heterocycles. The Labute approximate surface area is 132 Å². The molecule has 0 amide bonds. The summed E-state index contributed by atoms with van der Waals surface area (Å²) in [7, 11) is 2.22. The zero-order valence-corrected chi connectivity index (χ0v) is 13.7. The van der Waals surface area contributed by atoms with Gasteiger partial charge in [0.15, 0.2) is 0 Å². The first-order valence-corrected chi connectivity index (χ1v) is 9.11. The van der Waals surface area contributed by atoms with Gasteiger partial charge in [0, 0.05) is 31.9 Å². The van der Waals surface area contributed by atoms with Crippen molar-refractivity contribution in [1.82, 2.24) is 0 Å². The van der Waals surface area contributed by atoms with Crippen LogP contribution >= 0.6 is 11.8 Å². The fourth-order valence-corrected chi connectivity index (χ4v) is 4.74. The molecule has 21 heavy (non-hydrogen) atoms. The molecular weight excluding hydrogens is 280 g/mol. The highest BCUT2D eigenvalue weighted by molar-refractivity contribution is 7.99. The number of nitrogens with zero attached hydrogens (tertiary/aromatic N) is 1. The first-order chi connectivity index (χ1) is 10.2. The van der Waals surface area contributed by atoms with Crippen molar-refractivity contribution < 1.29 is 4.74 Å². The maximum absolute atomic E-state index is 6.20. The van der Waals surface area contributed by atoms with Crippen molar-refractivity contribution in [2.24, 2.45) is 5.73 Å². The van der Waals surface area contributed by atoms with Gasteiger partial charge in [-0.3, -0.25) is 0 Å². The summed E-state index contributed by atoms with van der Waals surface area (Å²) in [4.78, 5) is 2.44. The summed E-state index contributed by atoms with van der Waals surface area (Å²) < 4.78 is 6.20. The van der Waals surface area contributed by atoms with Gasteiger partial charge in [-0.25, -0.2) is 0 Å². The van der Waals surface area contributed by atoms with Crippen LogP contribution in [0.2, 0.25) is 0 Å². The molecule has 0 radical (unpaired) electrons. The first-order valence-electron chi connectivity index (χ1n) is 7.96. The van der Waals surface area contributed by atoms with E-state index in [-0.39, 0.29) is 5.60 Å². The lowest BCUT2D eigenvalue weighted by atomic mass is 9.85. The molecule has 4 heteroatoms. The van der Waals surface area contributed by atoms with Crippen molar-refractivity contribution in [2.45, 2.75) is 43.9 Å². The second kappa shape index (κ2) is 6.59. The molecule has 1 aromatic rings. The van der Waals surface area contributed by atoms with Gasteiger partial charge in [0.25, 0.3) is 0 Å². The highest BCUT2D eigenvalue weighted by Gasteiger charge is 2.39. The van der Waals surface area contributed by atoms with Crippen LogP contribution in [0.25, 0.3) is 0 Å². The standard InChI is InChI=1S/C17H26N2OS/c1-19(15-4-2-14(13-18)3-5-15)16-6-9-20-17(12-16)7-10-21-11-8-17/h2-5,16H,6-13,18H2,1H3. The maximum atomic E-state index is 6.20. The third kappa shape index (κ3) is 3.38. The topological polar surface area (TPSA) is 38.5 Å². The number of anilines is 1. The second-order valence-corrected chi connectivity index (χ2v) is 7.50. The molecule has 116 valence electrons. The molecule has 0 bridgehead atoms. The molecule has 3 nitrogen and oxygen atoms in total. The number of rotatable bonds is 3. The summed E-state index contributed by atoms with van der Waals surface area (Å²) in [6.45, 7) is 1.52. The summed E-state index contributed by atoms with van der Waals surface area (Å²) in [6, 6.07) is 9.25. The minimum Gasteiger partial charge on any atom is -0.375 e. The van der Waals surface area contributed by atoms with Gasteiger partial charge in [0.05, 0.1) is 5.60 Å². The lowest BCUT2D eigenvalue weighted by Crippen LogP contribution is -2.49. The second-order valence-electron chi connectivity index (χ2n) is 6.27. The van der Waals surface area contributed by atoms with Gasteiger partial charge in [-0.2, -0.15) is 11.8 Å². The van der Waals surface area contributed by atoms with E-state index < -0.39 is 0 Å². The first kappa shape index (κ1) is 15.2. The molecule has 0 saturated carbocycles. The van der Waals surface area contributed by atoms with E-state index in [1.807, 2.05) is 0 Å². The van der Waals surface area contributed by atoms with Crippen molar-refractivity contribution in [3.63, 3.8) is 0 Å². The van der Waals surface area contributed by atoms with Gasteiger partial charge in [-0.1, -0.05) is 12.1 Å². The van der Waals surface area contributed by atoms with Crippen LogP contribution in [0.5, 0.6) is 0 Å². The zero-order valence-electron chi connectivity index (χ0n) is 12.9. The lowest BCUT2D eigenvalue weighted by Gasteiger charge is -2.46. The molecule has 3 rings (SSSR count). The Bertz CT molecular complexity index is 451. The Morgan fingerprint density at radius 1 is 1.29 bits per heavy atom. The van der Waals surface area contributed by atoms with E-state index in [4.69, 9.17) is 10.5 Å². The monoisotopic (exact) mass is 306 g/mol. The average molecular weight is 306 g/mol. The van der Waals surface area contributed by atoms with Crippen molar-refractivity contribution >= 4 is 17.4 Å².